The molecule has 2 N–H and O–H groups in total. The molecule has 3 heterocycles. The van der Waals surface area contributed by atoms with Crippen LogP contribution in [0.2, 0.25) is 0 Å². The van der Waals surface area contributed by atoms with E-state index in [1.165, 1.54) is 174 Å². The molecule has 3 aromatic heterocycles. The summed E-state index contributed by atoms with van der Waals surface area (Å²) >= 11 is 7.11. The van der Waals surface area contributed by atoms with Crippen molar-refractivity contribution >= 4 is 82.5 Å². The van der Waals surface area contributed by atoms with Crippen LogP contribution in [0.15, 0.2) is 59.2 Å². The van der Waals surface area contributed by atoms with Gasteiger partial charge in [-0.05, 0) is 176 Å². The van der Waals surface area contributed by atoms with E-state index in [0.717, 1.165) is 26.4 Å². The summed E-state index contributed by atoms with van der Waals surface area (Å²) in [6, 6.07) is 17.6. The van der Waals surface area contributed by atoms with Crippen molar-refractivity contribution in [2.75, 3.05) is 14.2 Å². The zero-order valence-electron chi connectivity index (χ0n) is 41.4. The molecule has 12 rings (SSSR count). The Bertz CT molecular complexity index is 2810. The predicted molar refractivity (Wildman–Crippen MR) is 284 cm³/mol. The maximum atomic E-state index is 11.8. The van der Waals surface area contributed by atoms with Gasteiger partial charge in [0, 0.05) is 70.1 Å². The fraction of sp³-hybridized carbons (Fsp3) is 0.526. The summed E-state index contributed by atoms with van der Waals surface area (Å²) in [4.78, 5) is 35.6. The molecule has 372 valence electrons. The molecule has 13 heteroatoms. The number of hydrogen-bond donors (Lipinski definition) is 1. The number of halogens is 2. The van der Waals surface area contributed by atoms with Crippen molar-refractivity contribution in [3.8, 4) is 0 Å². The average Bonchev–Trinajstić information content (AvgIpc) is 4.26. The first-order valence-corrected chi connectivity index (χ1v) is 26.7. The number of methoxy groups -OCH3 is 2. The van der Waals surface area contributed by atoms with Gasteiger partial charge in [-0.2, -0.15) is 0 Å². The summed E-state index contributed by atoms with van der Waals surface area (Å²) in [6.07, 6.45) is 23.7. The topological polar surface area (TPSA) is 135 Å². The molecule has 0 radical (unpaired) electrons. The first-order chi connectivity index (χ1) is 32.4. The number of hydrogen-bond acceptors (Lipinski definition) is 6. The number of aromatic carboxylic acids is 1. The SMILES string of the molecule is BrC1CC1.C.COC(=O)c1ccc2c(C3CCCC3)c(Br)n(C)c2c1.COC(=O)c1ccc2c(C3CCCC3)c(C3CC3)n(C)c2c1.Cn1c(C2CC2)c(C2CCCC2)c2ccc(C(=O)O)cc21.[Na+].[OH-]. The van der Waals surface area contributed by atoms with Crippen LogP contribution in [0.4, 0.5) is 0 Å². The van der Waals surface area contributed by atoms with Crippen molar-refractivity contribution < 1.29 is 64.0 Å². The molecular formula is C57H72Br2N3NaO7. The summed E-state index contributed by atoms with van der Waals surface area (Å²) in [5.41, 5.74) is 12.5. The summed E-state index contributed by atoms with van der Waals surface area (Å²) in [5.74, 6) is 2.08. The van der Waals surface area contributed by atoms with E-state index in [4.69, 9.17) is 9.47 Å². The van der Waals surface area contributed by atoms with Crippen LogP contribution >= 0.6 is 31.9 Å². The van der Waals surface area contributed by atoms with Crippen LogP contribution in [0.5, 0.6) is 0 Å². The number of aryl methyl sites for hydroxylation is 3. The Kier molecular flexibility index (Phi) is 19.2. The molecule has 0 atom stereocenters. The monoisotopic (exact) mass is 1090 g/mol. The third-order valence-electron chi connectivity index (χ3n) is 15.6. The predicted octanol–water partition coefficient (Wildman–Crippen LogP) is 12.3. The molecule has 3 aromatic carbocycles. The number of nitrogens with zero attached hydrogens (tertiary/aromatic N) is 3. The zero-order valence-corrected chi connectivity index (χ0v) is 46.6. The van der Waals surface area contributed by atoms with E-state index in [0.29, 0.717) is 40.4 Å². The third kappa shape index (κ3) is 11.7. The van der Waals surface area contributed by atoms with Gasteiger partial charge in [0.2, 0.25) is 0 Å². The molecule has 10 nitrogen and oxygen atoms in total. The van der Waals surface area contributed by atoms with Gasteiger partial charge in [0.1, 0.15) is 0 Å². The second-order valence-electron chi connectivity index (χ2n) is 20.1. The minimum Gasteiger partial charge on any atom is -0.870 e. The van der Waals surface area contributed by atoms with Crippen LogP contribution in [0.1, 0.15) is 212 Å². The second kappa shape index (κ2) is 24.1. The summed E-state index contributed by atoms with van der Waals surface area (Å²) in [7, 11) is 9.16. The number of benzene rings is 3. The maximum Gasteiger partial charge on any atom is 1.00 e. The molecule has 6 aromatic rings. The van der Waals surface area contributed by atoms with E-state index in [1.54, 1.807) is 11.6 Å². The molecule has 6 fully saturated rings. The van der Waals surface area contributed by atoms with Gasteiger partial charge in [-0.1, -0.05) is 80.1 Å². The number of ether oxygens (including phenoxy) is 2. The summed E-state index contributed by atoms with van der Waals surface area (Å²) in [5, 5.41) is 13.1. The van der Waals surface area contributed by atoms with Gasteiger partial charge in [0.05, 0.1) is 35.5 Å². The summed E-state index contributed by atoms with van der Waals surface area (Å²) in [6.45, 7) is 0. The molecule has 0 aliphatic heterocycles. The molecule has 6 aliphatic rings. The van der Waals surface area contributed by atoms with Crippen molar-refractivity contribution in [1.82, 2.24) is 13.7 Å². The first-order valence-electron chi connectivity index (χ1n) is 25.0. The van der Waals surface area contributed by atoms with Crippen molar-refractivity contribution in [3.63, 3.8) is 0 Å². The van der Waals surface area contributed by atoms with Crippen LogP contribution in [0, 0.1) is 0 Å². The van der Waals surface area contributed by atoms with Crippen LogP contribution in [0.3, 0.4) is 0 Å². The van der Waals surface area contributed by atoms with Crippen molar-refractivity contribution in [3.05, 3.63) is 104 Å². The third-order valence-corrected chi connectivity index (χ3v) is 17.4. The Balaban J connectivity index is 0.000000162. The number of alkyl halides is 1. The van der Waals surface area contributed by atoms with Gasteiger partial charge in [0.15, 0.2) is 0 Å². The standard InChI is InChI=1S/C19H23NO2.C18H21NO2.C16H18BrNO2.C3H5Br.CH4.Na.H2O/c1-20-16-11-14(19(21)22-2)9-10-15(16)17(12-5-3-4-6-12)18(20)13-7-8-13;1-19-15-10-13(18(20)21)8-9-14(15)16(11-4-2-3-5-11)17(19)12-6-7-12;1-18-13-9-11(16(19)20-2)7-8-12(13)14(15(18)17)10-5-3-4-6-10;4-3-1-2-3;;;/h9-13H,3-8H2,1-2H3;8-12H,2-7H2,1H3,(H,20,21);7-10H,3-6H2,1-2H3;3H,1-2H2;1H4;;1H2/q;;;;;+1;/p-1. The molecule has 0 bridgehead atoms. The molecule has 0 amide bonds. The molecule has 6 saturated carbocycles. The van der Waals surface area contributed by atoms with Crippen LogP contribution in [-0.4, -0.2) is 61.2 Å². The van der Waals surface area contributed by atoms with E-state index in [1.807, 2.05) is 43.4 Å². The van der Waals surface area contributed by atoms with Crippen LogP contribution in [-0.2, 0) is 30.6 Å². The maximum absolute atomic E-state index is 11.8. The Labute approximate surface area is 453 Å². The second-order valence-corrected chi connectivity index (χ2v) is 22.2. The van der Waals surface area contributed by atoms with Gasteiger partial charge in [-0.15, -0.1) is 0 Å². The normalized spacial score (nSPS) is 17.9. The number of fused-ring (bicyclic) bond motifs is 3. The number of carbonyl (C=O) groups is 3. The fourth-order valence-electron chi connectivity index (χ4n) is 11.7. The Morgan fingerprint density at radius 3 is 1.16 bits per heavy atom. The Morgan fingerprint density at radius 2 is 0.829 bits per heavy atom. The van der Waals surface area contributed by atoms with Crippen molar-refractivity contribution in [1.29, 1.82) is 0 Å². The number of aromatic nitrogens is 3. The summed E-state index contributed by atoms with van der Waals surface area (Å²) < 4.78 is 17.5. The minimum atomic E-state index is -0.839. The smallest absolute Gasteiger partial charge is 0.870 e. The van der Waals surface area contributed by atoms with Gasteiger partial charge in [-0.25, -0.2) is 14.4 Å². The molecule has 70 heavy (non-hydrogen) atoms. The molecular weight excluding hydrogens is 1020 g/mol. The van der Waals surface area contributed by atoms with Crippen molar-refractivity contribution in [2.24, 2.45) is 21.1 Å². The molecule has 6 aliphatic carbocycles. The quantitative estimate of drug-likeness (QED) is 0.0911. The van der Waals surface area contributed by atoms with Crippen LogP contribution in [0.25, 0.3) is 32.7 Å². The van der Waals surface area contributed by atoms with Gasteiger partial charge in [0.25, 0.3) is 0 Å². The van der Waals surface area contributed by atoms with Gasteiger partial charge < -0.3 is 33.8 Å². The molecule has 0 spiro atoms. The Morgan fingerprint density at radius 1 is 0.514 bits per heavy atom. The first kappa shape index (κ1) is 55.9. The number of rotatable bonds is 8. The van der Waals surface area contributed by atoms with Gasteiger partial charge in [-0.3, -0.25) is 0 Å². The number of carbonyl (C=O) groups excluding carboxylic acids is 2. The number of esters is 2. The van der Waals surface area contributed by atoms with Crippen LogP contribution < -0.4 is 29.6 Å². The number of carboxylic acids is 1. The van der Waals surface area contributed by atoms with E-state index in [-0.39, 0.29) is 54.4 Å². The fourth-order valence-corrected chi connectivity index (χ4v) is 12.7. The molecule has 0 unspecified atom stereocenters. The zero-order chi connectivity index (χ0) is 47.1. The Hall–Kier alpha value is -3.39. The van der Waals surface area contributed by atoms with Crippen molar-refractivity contribution in [2.45, 2.75) is 157 Å². The average molecular weight is 1090 g/mol. The minimum absolute atomic E-state index is 0. The molecule has 0 saturated heterocycles. The largest absolute Gasteiger partial charge is 1.00 e. The van der Waals surface area contributed by atoms with E-state index in [9.17, 15) is 19.5 Å². The number of carboxylic acid groups (broad SMARTS) is 1. The van der Waals surface area contributed by atoms with E-state index < -0.39 is 5.97 Å². The van der Waals surface area contributed by atoms with E-state index in [2.05, 4.69) is 71.8 Å². The van der Waals surface area contributed by atoms with E-state index >= 15 is 0 Å². The van der Waals surface area contributed by atoms with Gasteiger partial charge >= 0.3 is 47.5 Å².